The van der Waals surface area contributed by atoms with Crippen molar-refractivity contribution >= 4 is 23.9 Å². The monoisotopic (exact) mass is 384 g/mol. The maximum Gasteiger partial charge on any atom is 0.159 e. The lowest BCUT2D eigenvalue weighted by Crippen LogP contribution is -1.93. The van der Waals surface area contributed by atoms with Crippen LogP contribution in [0.1, 0.15) is 29.8 Å². The van der Waals surface area contributed by atoms with Crippen LogP contribution >= 0.6 is 12.4 Å². The van der Waals surface area contributed by atoms with Gasteiger partial charge in [0.1, 0.15) is 11.5 Å². The number of ether oxygens (including phenoxy) is 2. The minimum atomic E-state index is 0. The number of benzene rings is 2. The molecule has 0 fully saturated rings. The Morgan fingerprint density at radius 3 is 1.46 bits per heavy atom. The molecular weight excluding hydrogens is 360 g/mol. The van der Waals surface area contributed by atoms with Gasteiger partial charge < -0.3 is 19.9 Å². The van der Waals surface area contributed by atoms with E-state index in [1.807, 2.05) is 24.3 Å². The SMILES string of the molecule is COc1ccc(C(C)=NO)cc1.COc1ccc(C(C)=O)cc1.Cl.NO. The van der Waals surface area contributed by atoms with Gasteiger partial charge in [0, 0.05) is 5.56 Å². The van der Waals surface area contributed by atoms with Gasteiger partial charge in [0.15, 0.2) is 5.78 Å². The summed E-state index contributed by atoms with van der Waals surface area (Å²) in [6.07, 6.45) is 0. The molecule has 0 atom stereocenters. The Kier molecular flexibility index (Phi) is 14.5. The number of carbonyl (C=O) groups excluding carboxylic acids is 1. The molecule has 26 heavy (non-hydrogen) atoms. The van der Waals surface area contributed by atoms with Crippen LogP contribution in [-0.4, -0.2) is 36.1 Å². The number of rotatable bonds is 4. The maximum absolute atomic E-state index is 10.8. The van der Waals surface area contributed by atoms with E-state index < -0.39 is 0 Å². The van der Waals surface area contributed by atoms with Crippen LogP contribution in [0.5, 0.6) is 11.5 Å². The molecule has 0 saturated heterocycles. The van der Waals surface area contributed by atoms with E-state index >= 15 is 0 Å². The Balaban J connectivity index is 0. The summed E-state index contributed by atoms with van der Waals surface area (Å²) in [4.78, 5) is 10.8. The lowest BCUT2D eigenvalue weighted by molar-refractivity contribution is 0.101. The third-order valence-corrected chi connectivity index (χ3v) is 3.15. The second-order valence-corrected chi connectivity index (χ2v) is 4.70. The highest BCUT2D eigenvalue weighted by Gasteiger charge is 1.97. The highest BCUT2D eigenvalue weighted by Crippen LogP contribution is 2.12. The third kappa shape index (κ3) is 9.03. The number of carbonyl (C=O) groups is 1. The molecule has 0 aliphatic heterocycles. The standard InChI is InChI=1S/C9H11NO2.C9H10O2.ClH.H3NO/c1-7(10-11)8-3-5-9(12-2)6-4-8;1-7(10)8-3-5-9(11-2)6-4-8;;1-2/h3-6,11H,1-2H3;3-6H,1-2H3;1H;2H,1H2. The summed E-state index contributed by atoms with van der Waals surface area (Å²) in [7, 11) is 3.21. The first-order chi connectivity index (χ1) is 12.0. The lowest BCUT2D eigenvalue weighted by Gasteiger charge is -2.00. The summed E-state index contributed by atoms with van der Waals surface area (Å²) in [5, 5.41) is 18.1. The van der Waals surface area contributed by atoms with Crippen molar-refractivity contribution in [2.24, 2.45) is 11.1 Å². The number of ketones is 1. The predicted octanol–water partition coefficient (Wildman–Crippen LogP) is 3.55. The second kappa shape index (κ2) is 14.7. The number of nitrogens with zero attached hydrogens (tertiary/aromatic N) is 1. The van der Waals surface area contributed by atoms with Gasteiger partial charge in [-0.2, -0.15) is 0 Å². The number of hydrogen-bond acceptors (Lipinski definition) is 7. The van der Waals surface area contributed by atoms with E-state index in [2.05, 4.69) is 11.1 Å². The number of nitrogens with two attached hydrogens (primary N) is 1. The summed E-state index contributed by atoms with van der Waals surface area (Å²) in [5.41, 5.74) is 2.20. The topological polar surface area (TPSA) is 114 Å². The predicted molar refractivity (Wildman–Crippen MR) is 103 cm³/mol. The summed E-state index contributed by atoms with van der Waals surface area (Å²) in [6, 6.07) is 14.4. The molecule has 0 aliphatic carbocycles. The molecule has 0 bridgehead atoms. The molecule has 2 aromatic carbocycles. The van der Waals surface area contributed by atoms with Crippen molar-refractivity contribution in [1.29, 1.82) is 0 Å². The lowest BCUT2D eigenvalue weighted by atomic mass is 10.1. The first kappa shape index (κ1) is 25.6. The Morgan fingerprint density at radius 1 is 0.846 bits per heavy atom. The normalized spacial score (nSPS) is 9.38. The van der Waals surface area contributed by atoms with E-state index in [0.717, 1.165) is 17.1 Å². The number of methoxy groups -OCH3 is 2. The second-order valence-electron chi connectivity index (χ2n) is 4.70. The van der Waals surface area contributed by atoms with Gasteiger partial charge in [-0.05, 0) is 67.9 Å². The van der Waals surface area contributed by atoms with Crippen LogP contribution in [-0.2, 0) is 0 Å². The van der Waals surface area contributed by atoms with Crippen LogP contribution in [0.15, 0.2) is 53.7 Å². The van der Waals surface area contributed by atoms with Crippen molar-refractivity contribution in [3.05, 3.63) is 59.7 Å². The Morgan fingerprint density at radius 2 is 1.19 bits per heavy atom. The number of oxime groups is 1. The molecule has 0 amide bonds. The number of halogens is 1. The molecule has 2 rings (SSSR count). The Labute approximate surface area is 159 Å². The first-order valence-corrected chi connectivity index (χ1v) is 7.25. The molecule has 0 aliphatic rings. The van der Waals surface area contributed by atoms with Crippen LogP contribution in [0.2, 0.25) is 0 Å². The van der Waals surface area contributed by atoms with Gasteiger partial charge >= 0.3 is 0 Å². The van der Waals surface area contributed by atoms with Crippen LogP contribution in [0, 0.1) is 0 Å². The number of hydrogen-bond donors (Lipinski definition) is 3. The molecule has 144 valence electrons. The minimum Gasteiger partial charge on any atom is -0.497 e. The molecule has 0 unspecified atom stereocenters. The van der Waals surface area contributed by atoms with E-state index in [1.54, 1.807) is 52.3 Å². The largest absolute Gasteiger partial charge is 0.497 e. The fourth-order valence-electron chi connectivity index (χ4n) is 1.72. The van der Waals surface area contributed by atoms with Crippen LogP contribution in [0.4, 0.5) is 0 Å². The van der Waals surface area contributed by atoms with Gasteiger partial charge in [0.25, 0.3) is 0 Å². The van der Waals surface area contributed by atoms with Crippen molar-refractivity contribution in [3.8, 4) is 11.5 Å². The molecule has 0 heterocycles. The van der Waals surface area contributed by atoms with Crippen molar-refractivity contribution in [2.45, 2.75) is 13.8 Å². The van der Waals surface area contributed by atoms with E-state index in [4.69, 9.17) is 19.9 Å². The Hall–Kier alpha value is -2.61. The molecule has 4 N–H and O–H groups in total. The summed E-state index contributed by atoms with van der Waals surface area (Å²) < 4.78 is 9.92. The number of Topliss-reactive ketones (excluding diaryl/α,β-unsaturated/α-hetero) is 1. The van der Waals surface area contributed by atoms with Gasteiger partial charge in [-0.1, -0.05) is 5.16 Å². The van der Waals surface area contributed by atoms with Gasteiger partial charge in [-0.25, -0.2) is 5.90 Å². The first-order valence-electron chi connectivity index (χ1n) is 7.25. The zero-order valence-corrected chi connectivity index (χ0v) is 16.0. The van der Waals surface area contributed by atoms with E-state index in [9.17, 15) is 4.79 Å². The van der Waals surface area contributed by atoms with Gasteiger partial charge in [0.05, 0.1) is 19.9 Å². The van der Waals surface area contributed by atoms with Gasteiger partial charge in [-0.3, -0.25) is 4.79 Å². The fourth-order valence-corrected chi connectivity index (χ4v) is 1.72. The summed E-state index contributed by atoms with van der Waals surface area (Å²) in [5.74, 6) is 5.15. The van der Waals surface area contributed by atoms with Gasteiger partial charge in [0.2, 0.25) is 0 Å². The molecule has 8 heteroatoms. The maximum atomic E-state index is 10.8. The molecule has 0 spiro atoms. The van der Waals surface area contributed by atoms with Crippen LogP contribution in [0.3, 0.4) is 0 Å². The quantitative estimate of drug-likeness (QED) is 0.321. The van der Waals surface area contributed by atoms with E-state index in [1.165, 1.54) is 0 Å². The Bertz CT molecular complexity index is 658. The minimum absolute atomic E-state index is 0. The van der Waals surface area contributed by atoms with Crippen LogP contribution in [0.25, 0.3) is 0 Å². The third-order valence-electron chi connectivity index (χ3n) is 3.15. The highest BCUT2D eigenvalue weighted by atomic mass is 35.5. The zero-order valence-electron chi connectivity index (χ0n) is 15.2. The van der Waals surface area contributed by atoms with Crippen molar-refractivity contribution in [1.82, 2.24) is 0 Å². The molecule has 7 nitrogen and oxygen atoms in total. The summed E-state index contributed by atoms with van der Waals surface area (Å²) in [6.45, 7) is 3.28. The highest BCUT2D eigenvalue weighted by molar-refractivity contribution is 5.98. The van der Waals surface area contributed by atoms with E-state index in [-0.39, 0.29) is 18.2 Å². The van der Waals surface area contributed by atoms with E-state index in [0.29, 0.717) is 11.3 Å². The zero-order chi connectivity index (χ0) is 19.2. The smallest absolute Gasteiger partial charge is 0.159 e. The average molecular weight is 385 g/mol. The van der Waals surface area contributed by atoms with Crippen molar-refractivity contribution < 1.29 is 24.7 Å². The summed E-state index contributed by atoms with van der Waals surface area (Å²) >= 11 is 0. The molecule has 0 aromatic heterocycles. The average Bonchev–Trinajstić information content (AvgIpc) is 2.69. The van der Waals surface area contributed by atoms with Gasteiger partial charge in [-0.15, -0.1) is 12.4 Å². The van der Waals surface area contributed by atoms with Crippen molar-refractivity contribution in [2.75, 3.05) is 14.2 Å². The van der Waals surface area contributed by atoms with Crippen LogP contribution < -0.4 is 15.4 Å². The molecule has 0 radical (unpaired) electrons. The molecule has 0 saturated carbocycles. The molecular formula is C18H25ClN2O5. The molecule has 2 aromatic rings. The fraction of sp³-hybridized carbons (Fsp3) is 0.222. The van der Waals surface area contributed by atoms with Crippen molar-refractivity contribution in [3.63, 3.8) is 0 Å².